The Labute approximate surface area is 124 Å². The standard InChI is InChI=1S/C15H12N2O3.B/c16-10-11-2-1-3-13(8-11)20-14-4-5-15-12(9-14)6-7-19-17(15)18;/h1-5,8-9,18H,6-7H2;. The van der Waals surface area contributed by atoms with E-state index in [-0.39, 0.29) is 8.41 Å². The zero-order valence-electron chi connectivity index (χ0n) is 11.2. The van der Waals surface area contributed by atoms with Crippen molar-refractivity contribution in [1.82, 2.24) is 0 Å². The number of nitrogens with zero attached hydrogens (tertiary/aromatic N) is 2. The molecule has 0 fully saturated rings. The Morgan fingerprint density at radius 2 is 2.00 bits per heavy atom. The highest BCUT2D eigenvalue weighted by Crippen LogP contribution is 2.30. The first kappa shape index (κ1) is 14.9. The van der Waals surface area contributed by atoms with Crippen molar-refractivity contribution in [3.8, 4) is 17.6 Å². The number of hydrogen-bond acceptors (Lipinski definition) is 5. The van der Waals surface area contributed by atoms with E-state index in [2.05, 4.69) is 6.07 Å². The van der Waals surface area contributed by atoms with Crippen LogP contribution in [-0.2, 0) is 11.3 Å². The van der Waals surface area contributed by atoms with Crippen molar-refractivity contribution in [1.29, 1.82) is 5.26 Å². The molecule has 1 aliphatic heterocycles. The van der Waals surface area contributed by atoms with Crippen molar-refractivity contribution in [2.75, 3.05) is 11.8 Å². The summed E-state index contributed by atoms with van der Waals surface area (Å²) in [5.74, 6) is 1.27. The molecule has 3 radical (unpaired) electrons. The van der Waals surface area contributed by atoms with Crippen LogP contribution in [0.3, 0.4) is 0 Å². The van der Waals surface area contributed by atoms with E-state index < -0.39 is 0 Å². The van der Waals surface area contributed by atoms with Gasteiger partial charge < -0.3 is 4.74 Å². The summed E-state index contributed by atoms with van der Waals surface area (Å²) in [6.07, 6.45) is 0.710. The average molecular weight is 279 g/mol. The van der Waals surface area contributed by atoms with Crippen LogP contribution in [0.5, 0.6) is 11.5 Å². The first-order valence-corrected chi connectivity index (χ1v) is 6.19. The number of hydrogen-bond donors (Lipinski definition) is 1. The van der Waals surface area contributed by atoms with Gasteiger partial charge in [-0.1, -0.05) is 6.07 Å². The van der Waals surface area contributed by atoms with Crippen molar-refractivity contribution in [3.63, 3.8) is 0 Å². The van der Waals surface area contributed by atoms with E-state index in [0.29, 0.717) is 35.8 Å². The Morgan fingerprint density at radius 1 is 1.19 bits per heavy atom. The number of ether oxygens (including phenoxy) is 1. The van der Waals surface area contributed by atoms with Crippen LogP contribution in [0.15, 0.2) is 42.5 Å². The van der Waals surface area contributed by atoms with Crippen molar-refractivity contribution in [2.45, 2.75) is 6.42 Å². The highest BCUT2D eigenvalue weighted by molar-refractivity contribution is 5.75. The molecule has 21 heavy (non-hydrogen) atoms. The second kappa shape index (κ2) is 6.31. The molecule has 103 valence electrons. The molecule has 1 N–H and O–H groups in total. The maximum atomic E-state index is 9.54. The third-order valence-electron chi connectivity index (χ3n) is 3.04. The van der Waals surface area contributed by atoms with Gasteiger partial charge in [0.25, 0.3) is 0 Å². The first-order chi connectivity index (χ1) is 9.76. The zero-order valence-corrected chi connectivity index (χ0v) is 11.2. The van der Waals surface area contributed by atoms with Crippen molar-refractivity contribution < 1.29 is 14.8 Å². The van der Waals surface area contributed by atoms with Crippen LogP contribution in [0, 0.1) is 11.3 Å². The highest BCUT2D eigenvalue weighted by Gasteiger charge is 2.16. The predicted molar refractivity (Wildman–Crippen MR) is 77.3 cm³/mol. The normalized spacial score (nSPS) is 12.9. The second-order valence-corrected chi connectivity index (χ2v) is 4.39. The van der Waals surface area contributed by atoms with Gasteiger partial charge in [0.2, 0.25) is 0 Å². The van der Waals surface area contributed by atoms with Gasteiger partial charge in [0.15, 0.2) is 0 Å². The Bertz CT molecular complexity index is 685. The molecule has 3 rings (SSSR count). The average Bonchev–Trinajstić information content (AvgIpc) is 2.47. The van der Waals surface area contributed by atoms with Crippen molar-refractivity contribution in [3.05, 3.63) is 53.6 Å². The maximum Gasteiger partial charge on any atom is 0.128 e. The lowest BCUT2D eigenvalue weighted by molar-refractivity contribution is -0.0473. The topological polar surface area (TPSA) is 65.7 Å². The summed E-state index contributed by atoms with van der Waals surface area (Å²) in [7, 11) is 0. The van der Waals surface area contributed by atoms with Gasteiger partial charge in [0.1, 0.15) is 11.5 Å². The van der Waals surface area contributed by atoms with E-state index in [0.717, 1.165) is 10.8 Å². The molecule has 0 unspecified atom stereocenters. The van der Waals surface area contributed by atoms with Crippen LogP contribution in [0.1, 0.15) is 11.1 Å². The van der Waals surface area contributed by atoms with Crippen LogP contribution < -0.4 is 9.96 Å². The van der Waals surface area contributed by atoms with E-state index >= 15 is 0 Å². The molecule has 5 nitrogen and oxygen atoms in total. The minimum absolute atomic E-state index is 0. The van der Waals surface area contributed by atoms with Crippen molar-refractivity contribution in [2.24, 2.45) is 0 Å². The predicted octanol–water partition coefficient (Wildman–Crippen LogP) is 2.65. The fraction of sp³-hybridized carbons (Fsp3) is 0.133. The quantitative estimate of drug-likeness (QED) is 0.856. The fourth-order valence-electron chi connectivity index (χ4n) is 2.09. The van der Waals surface area contributed by atoms with Crippen LogP contribution in [-0.4, -0.2) is 20.2 Å². The first-order valence-electron chi connectivity index (χ1n) is 6.19. The molecule has 0 spiro atoms. The van der Waals surface area contributed by atoms with E-state index in [1.54, 1.807) is 36.4 Å². The number of fused-ring (bicyclic) bond motifs is 1. The molecule has 0 saturated carbocycles. The molecular weight excluding hydrogens is 267 g/mol. The lowest BCUT2D eigenvalue weighted by Crippen LogP contribution is -2.26. The molecule has 0 atom stereocenters. The van der Waals surface area contributed by atoms with E-state index in [4.69, 9.17) is 14.8 Å². The molecule has 1 heterocycles. The van der Waals surface area contributed by atoms with Gasteiger partial charge in [-0.25, -0.2) is 4.84 Å². The highest BCUT2D eigenvalue weighted by atomic mass is 16.9. The SMILES string of the molecule is N#Cc1cccc(Oc2ccc3c(c2)CCON3O)c1.[B]. The van der Waals surface area contributed by atoms with Crippen LogP contribution in [0.4, 0.5) is 5.69 Å². The third kappa shape index (κ3) is 3.16. The molecule has 6 heteroatoms. The summed E-state index contributed by atoms with van der Waals surface area (Å²) in [5, 5.41) is 19.2. The Kier molecular flexibility index (Phi) is 4.48. The summed E-state index contributed by atoms with van der Waals surface area (Å²) in [6.45, 7) is 0.427. The van der Waals surface area contributed by atoms with E-state index in [1.165, 1.54) is 0 Å². The smallest absolute Gasteiger partial charge is 0.128 e. The van der Waals surface area contributed by atoms with Crippen molar-refractivity contribution >= 4 is 14.1 Å². The lowest BCUT2D eigenvalue weighted by atomic mass is 10.1. The molecule has 0 bridgehead atoms. The molecule has 1 aliphatic rings. The molecular formula is C15H12BN2O3. The van der Waals surface area contributed by atoms with Gasteiger partial charge in [-0.15, -0.1) is 5.23 Å². The minimum Gasteiger partial charge on any atom is -0.457 e. The Hall–Kier alpha value is -2.49. The fourth-order valence-corrected chi connectivity index (χ4v) is 2.09. The van der Waals surface area contributed by atoms with Gasteiger partial charge >= 0.3 is 0 Å². The van der Waals surface area contributed by atoms with Gasteiger partial charge in [-0.2, -0.15) is 5.26 Å². The van der Waals surface area contributed by atoms with Gasteiger partial charge in [-0.3, -0.25) is 5.21 Å². The molecule has 0 aromatic heterocycles. The minimum atomic E-state index is 0. The summed E-state index contributed by atoms with van der Waals surface area (Å²) >= 11 is 0. The largest absolute Gasteiger partial charge is 0.457 e. The monoisotopic (exact) mass is 279 g/mol. The van der Waals surface area contributed by atoms with Crippen LogP contribution in [0.25, 0.3) is 0 Å². The van der Waals surface area contributed by atoms with Crippen LogP contribution >= 0.6 is 0 Å². The second-order valence-electron chi connectivity index (χ2n) is 4.39. The van der Waals surface area contributed by atoms with Gasteiger partial charge in [0.05, 0.1) is 23.9 Å². The number of nitriles is 1. The molecule has 2 aromatic rings. The van der Waals surface area contributed by atoms with Crippen LogP contribution in [0.2, 0.25) is 0 Å². The number of benzene rings is 2. The molecule has 2 aromatic carbocycles. The Morgan fingerprint density at radius 3 is 2.81 bits per heavy atom. The maximum absolute atomic E-state index is 9.54. The summed E-state index contributed by atoms with van der Waals surface area (Å²) in [6, 6.07) is 14.4. The number of rotatable bonds is 2. The number of anilines is 1. The molecule has 0 amide bonds. The summed E-state index contributed by atoms with van der Waals surface area (Å²) < 4.78 is 5.73. The summed E-state index contributed by atoms with van der Waals surface area (Å²) in [4.78, 5) is 5.00. The van der Waals surface area contributed by atoms with E-state index in [9.17, 15) is 5.21 Å². The van der Waals surface area contributed by atoms with Gasteiger partial charge in [-0.05, 0) is 42.0 Å². The molecule has 0 saturated heterocycles. The summed E-state index contributed by atoms with van der Waals surface area (Å²) in [5.41, 5.74) is 2.12. The zero-order chi connectivity index (χ0) is 13.9. The lowest BCUT2D eigenvalue weighted by Gasteiger charge is -2.24. The van der Waals surface area contributed by atoms with Gasteiger partial charge in [0, 0.05) is 14.8 Å². The third-order valence-corrected chi connectivity index (χ3v) is 3.04. The van der Waals surface area contributed by atoms with E-state index in [1.807, 2.05) is 6.07 Å². The Balaban J connectivity index is 0.00000161. The molecule has 0 aliphatic carbocycles.